The Morgan fingerprint density at radius 2 is 2.06 bits per heavy atom. The molecule has 0 aliphatic carbocycles. The average molecular weight is 253 g/mol. The number of rotatable bonds is 6. The Hall–Kier alpha value is -1.56. The Morgan fingerprint density at radius 3 is 2.50 bits per heavy atom. The second-order valence-corrected chi connectivity index (χ2v) is 4.25. The normalized spacial score (nSPS) is 10.9. The Bertz CT molecular complexity index is 409. The molecule has 1 aromatic heterocycles. The van der Waals surface area contributed by atoms with Gasteiger partial charge in [0.1, 0.15) is 5.69 Å². The van der Waals surface area contributed by atoms with Crippen LogP contribution in [0.1, 0.15) is 30.0 Å². The van der Waals surface area contributed by atoms with Crippen LogP contribution in [0.4, 0.5) is 5.69 Å². The molecule has 0 saturated carbocycles. The monoisotopic (exact) mass is 253 g/mol. The van der Waals surface area contributed by atoms with Crippen LogP contribution < -0.4 is 11.1 Å². The van der Waals surface area contributed by atoms with E-state index in [2.05, 4.69) is 29.2 Å². The lowest BCUT2D eigenvalue weighted by Crippen LogP contribution is -2.35. The number of aryl methyl sites for hydroxylation is 2. The van der Waals surface area contributed by atoms with Gasteiger partial charge in [-0.2, -0.15) is 5.10 Å². The summed E-state index contributed by atoms with van der Waals surface area (Å²) in [5.41, 5.74) is 7.41. The van der Waals surface area contributed by atoms with Crippen molar-refractivity contribution in [2.24, 2.45) is 7.05 Å². The standard InChI is InChI=1S/C12H23N5O/c1-5-17(6-2)8-7-14-12(18)11-10(13)9(3)15-16(11)4/h5-8,13H2,1-4H3,(H,14,18). The van der Waals surface area contributed by atoms with Crippen LogP contribution in [0.2, 0.25) is 0 Å². The summed E-state index contributed by atoms with van der Waals surface area (Å²) in [6, 6.07) is 0. The van der Waals surface area contributed by atoms with E-state index in [1.54, 1.807) is 14.0 Å². The van der Waals surface area contributed by atoms with E-state index in [1.807, 2.05) is 0 Å². The Labute approximate surface area is 108 Å². The van der Waals surface area contributed by atoms with E-state index in [0.717, 1.165) is 19.6 Å². The first kappa shape index (κ1) is 14.5. The highest BCUT2D eigenvalue weighted by Crippen LogP contribution is 2.14. The summed E-state index contributed by atoms with van der Waals surface area (Å²) < 4.78 is 1.53. The van der Waals surface area contributed by atoms with Gasteiger partial charge in [0.05, 0.1) is 11.4 Å². The van der Waals surface area contributed by atoms with Crippen LogP contribution in [0.15, 0.2) is 0 Å². The summed E-state index contributed by atoms with van der Waals surface area (Å²) in [6.45, 7) is 9.43. The minimum absolute atomic E-state index is 0.164. The van der Waals surface area contributed by atoms with Crippen molar-refractivity contribution < 1.29 is 4.79 Å². The van der Waals surface area contributed by atoms with E-state index >= 15 is 0 Å². The summed E-state index contributed by atoms with van der Waals surface area (Å²) in [5.74, 6) is -0.164. The van der Waals surface area contributed by atoms with Gasteiger partial charge in [-0.25, -0.2) is 0 Å². The molecule has 6 heteroatoms. The van der Waals surface area contributed by atoms with Crippen LogP contribution in [0.3, 0.4) is 0 Å². The van der Waals surface area contributed by atoms with Gasteiger partial charge in [-0.15, -0.1) is 0 Å². The molecule has 0 unspecified atom stereocenters. The Balaban J connectivity index is 2.56. The highest BCUT2D eigenvalue weighted by molar-refractivity contribution is 5.97. The van der Waals surface area contributed by atoms with Crippen molar-refractivity contribution in [2.45, 2.75) is 20.8 Å². The number of nitrogens with one attached hydrogen (secondary N) is 1. The summed E-state index contributed by atoms with van der Waals surface area (Å²) in [6.07, 6.45) is 0. The van der Waals surface area contributed by atoms with Gasteiger partial charge in [-0.1, -0.05) is 13.8 Å². The minimum Gasteiger partial charge on any atom is -0.395 e. The molecule has 0 spiro atoms. The van der Waals surface area contributed by atoms with Crippen molar-refractivity contribution in [1.82, 2.24) is 20.0 Å². The zero-order chi connectivity index (χ0) is 13.7. The van der Waals surface area contributed by atoms with E-state index in [-0.39, 0.29) is 5.91 Å². The van der Waals surface area contributed by atoms with Crippen LogP contribution in [-0.4, -0.2) is 46.8 Å². The highest BCUT2D eigenvalue weighted by Gasteiger charge is 2.17. The number of nitrogen functional groups attached to an aromatic ring is 1. The lowest BCUT2D eigenvalue weighted by molar-refractivity contribution is 0.0940. The maximum absolute atomic E-state index is 12.0. The first-order chi connectivity index (χ1) is 8.51. The number of aromatic nitrogens is 2. The first-order valence-electron chi connectivity index (χ1n) is 6.30. The second-order valence-electron chi connectivity index (χ2n) is 4.25. The quantitative estimate of drug-likeness (QED) is 0.768. The van der Waals surface area contributed by atoms with Crippen molar-refractivity contribution in [2.75, 3.05) is 31.9 Å². The fraction of sp³-hybridized carbons (Fsp3) is 0.667. The summed E-state index contributed by atoms with van der Waals surface area (Å²) in [4.78, 5) is 14.2. The van der Waals surface area contributed by atoms with Gasteiger partial charge < -0.3 is 16.0 Å². The van der Waals surface area contributed by atoms with E-state index in [0.29, 0.717) is 23.6 Å². The number of carbonyl (C=O) groups is 1. The number of anilines is 1. The van der Waals surface area contributed by atoms with Crippen molar-refractivity contribution in [1.29, 1.82) is 0 Å². The zero-order valence-electron chi connectivity index (χ0n) is 11.7. The molecule has 1 heterocycles. The lowest BCUT2D eigenvalue weighted by Gasteiger charge is -2.17. The summed E-state index contributed by atoms with van der Waals surface area (Å²) in [7, 11) is 1.72. The van der Waals surface area contributed by atoms with Crippen LogP contribution in [0, 0.1) is 6.92 Å². The summed E-state index contributed by atoms with van der Waals surface area (Å²) in [5, 5.41) is 7.00. The number of nitrogens with two attached hydrogens (primary N) is 1. The smallest absolute Gasteiger partial charge is 0.271 e. The van der Waals surface area contributed by atoms with Crippen LogP contribution in [0.25, 0.3) is 0 Å². The van der Waals surface area contributed by atoms with E-state index in [9.17, 15) is 4.79 Å². The zero-order valence-corrected chi connectivity index (χ0v) is 11.7. The molecule has 0 aliphatic heterocycles. The van der Waals surface area contributed by atoms with Gasteiger partial charge in [0.15, 0.2) is 0 Å². The molecule has 0 aliphatic rings. The number of carbonyl (C=O) groups excluding carboxylic acids is 1. The van der Waals surface area contributed by atoms with Gasteiger partial charge in [0.2, 0.25) is 0 Å². The fourth-order valence-corrected chi connectivity index (χ4v) is 1.89. The molecule has 1 amide bonds. The SMILES string of the molecule is CCN(CC)CCNC(=O)c1c(N)c(C)nn1C. The molecule has 102 valence electrons. The minimum atomic E-state index is -0.164. The molecule has 1 aromatic rings. The molecule has 18 heavy (non-hydrogen) atoms. The molecule has 0 saturated heterocycles. The highest BCUT2D eigenvalue weighted by atomic mass is 16.2. The van der Waals surface area contributed by atoms with E-state index in [4.69, 9.17) is 5.73 Å². The number of hydrogen-bond donors (Lipinski definition) is 2. The van der Waals surface area contributed by atoms with Crippen LogP contribution in [-0.2, 0) is 7.05 Å². The van der Waals surface area contributed by atoms with Crippen molar-refractivity contribution in [3.05, 3.63) is 11.4 Å². The van der Waals surface area contributed by atoms with Gasteiger partial charge >= 0.3 is 0 Å². The summed E-state index contributed by atoms with van der Waals surface area (Å²) >= 11 is 0. The van der Waals surface area contributed by atoms with E-state index in [1.165, 1.54) is 4.68 Å². The second kappa shape index (κ2) is 6.39. The van der Waals surface area contributed by atoms with Crippen LogP contribution in [0.5, 0.6) is 0 Å². The third-order valence-corrected chi connectivity index (χ3v) is 3.09. The number of hydrogen-bond acceptors (Lipinski definition) is 4. The number of amides is 1. The molecule has 0 bridgehead atoms. The molecule has 0 fully saturated rings. The lowest BCUT2D eigenvalue weighted by atomic mass is 10.3. The average Bonchev–Trinajstić information content (AvgIpc) is 2.59. The predicted molar refractivity (Wildman–Crippen MR) is 72.5 cm³/mol. The van der Waals surface area contributed by atoms with Crippen molar-refractivity contribution in [3.63, 3.8) is 0 Å². The molecule has 0 atom stereocenters. The predicted octanol–water partition coefficient (Wildman–Crippen LogP) is 0.382. The molecule has 3 N–H and O–H groups in total. The molecular weight excluding hydrogens is 230 g/mol. The third-order valence-electron chi connectivity index (χ3n) is 3.09. The molecule has 0 aromatic carbocycles. The molecule has 0 radical (unpaired) electrons. The first-order valence-corrected chi connectivity index (χ1v) is 6.30. The maximum atomic E-state index is 12.0. The van der Waals surface area contributed by atoms with Gasteiger partial charge in [-0.3, -0.25) is 9.48 Å². The number of likely N-dealkylation sites (N-methyl/N-ethyl adjacent to an activating group) is 1. The van der Waals surface area contributed by atoms with Crippen molar-refractivity contribution >= 4 is 11.6 Å². The van der Waals surface area contributed by atoms with E-state index < -0.39 is 0 Å². The van der Waals surface area contributed by atoms with Gasteiger partial charge in [0, 0.05) is 20.1 Å². The fourth-order valence-electron chi connectivity index (χ4n) is 1.89. The Morgan fingerprint density at radius 1 is 1.44 bits per heavy atom. The van der Waals surface area contributed by atoms with Gasteiger partial charge in [0.25, 0.3) is 5.91 Å². The largest absolute Gasteiger partial charge is 0.395 e. The van der Waals surface area contributed by atoms with Crippen molar-refractivity contribution in [3.8, 4) is 0 Å². The third kappa shape index (κ3) is 3.22. The van der Waals surface area contributed by atoms with Gasteiger partial charge in [-0.05, 0) is 20.0 Å². The molecule has 6 nitrogen and oxygen atoms in total. The molecule has 1 rings (SSSR count). The number of nitrogens with zero attached hydrogens (tertiary/aromatic N) is 3. The topological polar surface area (TPSA) is 76.2 Å². The maximum Gasteiger partial charge on any atom is 0.271 e. The van der Waals surface area contributed by atoms with Crippen LogP contribution >= 0.6 is 0 Å². The molecular formula is C12H23N5O. The Kier molecular flexibility index (Phi) is 5.15.